The smallest absolute Gasteiger partial charge is 0.420 e. The van der Waals surface area contributed by atoms with E-state index in [-0.39, 0.29) is 21.3 Å². The molecule has 1 aliphatic rings. The molecule has 0 atom stereocenters. The molecule has 2 amide bonds. The Kier molecular flexibility index (Phi) is 3.87. The van der Waals surface area contributed by atoms with E-state index in [9.17, 15) is 22.8 Å². The maximum absolute atomic E-state index is 13.3. The summed E-state index contributed by atoms with van der Waals surface area (Å²) in [6.07, 6.45) is -4.71. The number of benzene rings is 2. The Bertz CT molecular complexity index is 829. The topological polar surface area (TPSA) is 46.6 Å². The fourth-order valence-electron chi connectivity index (χ4n) is 2.55. The summed E-state index contributed by atoms with van der Waals surface area (Å²) in [6, 6.07) is 8.05. The largest absolute Gasteiger partial charge is 0.495 e. The van der Waals surface area contributed by atoms with E-state index in [2.05, 4.69) is 15.9 Å². The third-order valence-electron chi connectivity index (χ3n) is 3.59. The van der Waals surface area contributed by atoms with Crippen molar-refractivity contribution in [3.63, 3.8) is 0 Å². The third-order valence-corrected chi connectivity index (χ3v) is 4.18. The van der Waals surface area contributed by atoms with Crippen molar-refractivity contribution in [3.8, 4) is 5.75 Å². The van der Waals surface area contributed by atoms with E-state index in [1.165, 1.54) is 18.2 Å². The summed E-state index contributed by atoms with van der Waals surface area (Å²) < 4.78 is 44.5. The molecule has 0 radical (unpaired) electrons. The van der Waals surface area contributed by atoms with Crippen LogP contribution in [0.5, 0.6) is 5.75 Å². The average molecular weight is 400 g/mol. The highest BCUT2D eigenvalue weighted by atomic mass is 79.9. The van der Waals surface area contributed by atoms with Gasteiger partial charge in [-0.3, -0.25) is 9.59 Å². The van der Waals surface area contributed by atoms with Gasteiger partial charge in [0, 0.05) is 0 Å². The van der Waals surface area contributed by atoms with Crippen molar-refractivity contribution in [2.75, 3.05) is 12.0 Å². The Morgan fingerprint density at radius 1 is 1.04 bits per heavy atom. The summed E-state index contributed by atoms with van der Waals surface area (Å²) >= 11 is 3.00. The molecular weight excluding hydrogens is 391 g/mol. The van der Waals surface area contributed by atoms with Crippen LogP contribution >= 0.6 is 15.9 Å². The number of methoxy groups -OCH3 is 1. The minimum atomic E-state index is -4.71. The number of imide groups is 1. The highest BCUT2D eigenvalue weighted by molar-refractivity contribution is 9.10. The molecule has 2 aromatic rings. The number of halogens is 4. The fourth-order valence-corrected chi connectivity index (χ4v) is 3.16. The van der Waals surface area contributed by atoms with Crippen molar-refractivity contribution in [1.29, 1.82) is 0 Å². The van der Waals surface area contributed by atoms with E-state index >= 15 is 0 Å². The summed E-state index contributed by atoms with van der Waals surface area (Å²) in [6.45, 7) is 0. The summed E-state index contributed by atoms with van der Waals surface area (Å²) in [5, 5.41) is 0. The molecule has 0 spiro atoms. The predicted octanol–water partition coefficient (Wildman–Crippen LogP) is 4.28. The van der Waals surface area contributed by atoms with Gasteiger partial charge in [-0.15, -0.1) is 0 Å². The molecule has 2 aromatic carbocycles. The van der Waals surface area contributed by atoms with Gasteiger partial charge < -0.3 is 4.74 Å². The Hall–Kier alpha value is -2.35. The molecule has 124 valence electrons. The molecule has 1 aliphatic heterocycles. The fraction of sp³-hybridized carbons (Fsp3) is 0.125. The van der Waals surface area contributed by atoms with Crippen molar-refractivity contribution < 1.29 is 27.5 Å². The minimum absolute atomic E-state index is 0.00798. The summed E-state index contributed by atoms with van der Waals surface area (Å²) in [5.41, 5.74) is -0.946. The van der Waals surface area contributed by atoms with Crippen LogP contribution in [0.4, 0.5) is 18.9 Å². The molecule has 0 aromatic heterocycles. The molecule has 3 rings (SSSR count). The van der Waals surface area contributed by atoms with Gasteiger partial charge in [-0.05, 0) is 40.2 Å². The number of hydrogen-bond acceptors (Lipinski definition) is 3. The van der Waals surface area contributed by atoms with Gasteiger partial charge in [-0.2, -0.15) is 13.2 Å². The number of carbonyl (C=O) groups excluding carboxylic acids is 2. The van der Waals surface area contributed by atoms with Crippen molar-refractivity contribution >= 4 is 33.4 Å². The second-order valence-corrected chi connectivity index (χ2v) is 5.85. The molecule has 0 N–H and O–H groups in total. The number of carbonyl (C=O) groups is 2. The average Bonchev–Trinajstić information content (AvgIpc) is 2.78. The Morgan fingerprint density at radius 3 is 2.04 bits per heavy atom. The zero-order valence-electron chi connectivity index (χ0n) is 12.1. The number of alkyl halides is 3. The van der Waals surface area contributed by atoms with Crippen molar-refractivity contribution in [2.45, 2.75) is 6.18 Å². The van der Waals surface area contributed by atoms with Crippen LogP contribution in [0.1, 0.15) is 26.3 Å². The molecule has 0 unspecified atom stereocenters. The van der Waals surface area contributed by atoms with Crippen molar-refractivity contribution in [1.82, 2.24) is 0 Å². The first-order chi connectivity index (χ1) is 11.3. The molecule has 1 heterocycles. The lowest BCUT2D eigenvalue weighted by molar-refractivity contribution is -0.138. The van der Waals surface area contributed by atoms with E-state index in [1.807, 2.05) is 0 Å². The standard InChI is InChI=1S/C16H9BrF3NO3/c1-24-13-11(16(18,19)20)6-8(7-12(13)17)21-14(22)9-4-2-3-5-10(9)15(21)23/h2-7H,1H3. The van der Waals surface area contributed by atoms with E-state index in [0.29, 0.717) is 0 Å². The monoisotopic (exact) mass is 399 g/mol. The van der Waals surface area contributed by atoms with Crippen LogP contribution in [0.15, 0.2) is 40.9 Å². The number of fused-ring (bicyclic) bond motifs is 1. The Labute approximate surface area is 143 Å². The van der Waals surface area contributed by atoms with Gasteiger partial charge in [-0.25, -0.2) is 4.90 Å². The van der Waals surface area contributed by atoms with Gasteiger partial charge in [0.15, 0.2) is 0 Å². The molecule has 0 aliphatic carbocycles. The zero-order valence-corrected chi connectivity index (χ0v) is 13.7. The molecular formula is C16H9BrF3NO3. The van der Waals surface area contributed by atoms with Crippen molar-refractivity contribution in [3.05, 3.63) is 57.6 Å². The number of rotatable bonds is 2. The number of nitrogens with zero attached hydrogens (tertiary/aromatic N) is 1. The molecule has 0 saturated heterocycles. The van der Waals surface area contributed by atoms with E-state index in [4.69, 9.17) is 4.74 Å². The molecule has 0 bridgehead atoms. The Morgan fingerprint density at radius 2 is 1.58 bits per heavy atom. The first-order valence-corrected chi connectivity index (χ1v) is 7.47. The number of anilines is 1. The van der Waals surface area contributed by atoms with Crippen LogP contribution in [-0.2, 0) is 6.18 Å². The second kappa shape index (κ2) is 5.62. The lowest BCUT2D eigenvalue weighted by Gasteiger charge is -2.19. The quantitative estimate of drug-likeness (QED) is 0.708. The summed E-state index contributed by atoms with van der Waals surface area (Å²) in [4.78, 5) is 25.5. The maximum atomic E-state index is 13.3. The Balaban J connectivity index is 2.17. The second-order valence-electron chi connectivity index (χ2n) is 5.00. The first kappa shape index (κ1) is 16.5. The zero-order chi connectivity index (χ0) is 17.6. The van der Waals surface area contributed by atoms with E-state index < -0.39 is 29.3 Å². The maximum Gasteiger partial charge on any atom is 0.420 e. The van der Waals surface area contributed by atoms with Crippen LogP contribution in [0, 0.1) is 0 Å². The van der Waals surface area contributed by atoms with Gasteiger partial charge >= 0.3 is 6.18 Å². The molecule has 0 saturated carbocycles. The van der Waals surface area contributed by atoms with Crippen LogP contribution in [0.25, 0.3) is 0 Å². The SMILES string of the molecule is COc1c(Br)cc(N2C(=O)c3ccccc3C2=O)cc1C(F)(F)F. The van der Waals surface area contributed by atoms with E-state index in [1.54, 1.807) is 12.1 Å². The van der Waals surface area contributed by atoms with Crippen LogP contribution in [-0.4, -0.2) is 18.9 Å². The number of ether oxygens (including phenoxy) is 1. The molecule has 8 heteroatoms. The van der Waals surface area contributed by atoms with Crippen LogP contribution in [0.3, 0.4) is 0 Å². The molecule has 0 fully saturated rings. The predicted molar refractivity (Wildman–Crippen MR) is 83.3 cm³/mol. The van der Waals surface area contributed by atoms with Crippen LogP contribution < -0.4 is 9.64 Å². The first-order valence-electron chi connectivity index (χ1n) is 6.68. The van der Waals surface area contributed by atoms with Gasteiger partial charge in [0.2, 0.25) is 0 Å². The third kappa shape index (κ3) is 2.47. The number of hydrogen-bond donors (Lipinski definition) is 0. The van der Waals surface area contributed by atoms with Crippen molar-refractivity contribution in [2.24, 2.45) is 0 Å². The normalized spacial score (nSPS) is 14.1. The summed E-state index contributed by atoms with van der Waals surface area (Å²) in [7, 11) is 1.11. The van der Waals surface area contributed by atoms with Gasteiger partial charge in [0.25, 0.3) is 11.8 Å². The van der Waals surface area contributed by atoms with Gasteiger partial charge in [-0.1, -0.05) is 12.1 Å². The minimum Gasteiger partial charge on any atom is -0.495 e. The van der Waals surface area contributed by atoms with Gasteiger partial charge in [0.05, 0.1) is 28.4 Å². The van der Waals surface area contributed by atoms with Crippen LogP contribution in [0.2, 0.25) is 0 Å². The van der Waals surface area contributed by atoms with E-state index in [0.717, 1.165) is 18.1 Å². The molecule has 24 heavy (non-hydrogen) atoms. The summed E-state index contributed by atoms with van der Waals surface area (Å²) in [5.74, 6) is -1.75. The van der Waals surface area contributed by atoms with Gasteiger partial charge in [0.1, 0.15) is 11.3 Å². The highest BCUT2D eigenvalue weighted by Crippen LogP contribution is 2.44. The lowest BCUT2D eigenvalue weighted by Crippen LogP contribution is -2.29. The number of amides is 2. The lowest BCUT2D eigenvalue weighted by atomic mass is 10.1. The highest BCUT2D eigenvalue weighted by Gasteiger charge is 2.40. The molecule has 4 nitrogen and oxygen atoms in total.